The first-order valence-corrected chi connectivity index (χ1v) is 7.31. The number of benzene rings is 2. The predicted octanol–water partition coefficient (Wildman–Crippen LogP) is 3.52. The summed E-state index contributed by atoms with van der Waals surface area (Å²) in [6, 6.07) is 13.3. The van der Waals surface area contributed by atoms with Gasteiger partial charge in [-0.05, 0) is 51.7 Å². The van der Waals surface area contributed by atoms with Crippen LogP contribution in [0.4, 0.5) is 5.69 Å². The van der Waals surface area contributed by atoms with Gasteiger partial charge in [-0.3, -0.25) is 4.79 Å². The largest absolute Gasteiger partial charge is 0.399 e. The van der Waals surface area contributed by atoms with Gasteiger partial charge in [0.15, 0.2) is 0 Å². The predicted molar refractivity (Wildman–Crippen MR) is 85.5 cm³/mol. The Morgan fingerprint density at radius 1 is 1.20 bits per heavy atom. The van der Waals surface area contributed by atoms with Crippen LogP contribution < -0.4 is 11.1 Å². The van der Waals surface area contributed by atoms with Gasteiger partial charge in [-0.1, -0.05) is 31.2 Å². The number of nitrogens with one attached hydrogen (secondary N) is 1. The van der Waals surface area contributed by atoms with Gasteiger partial charge in [-0.2, -0.15) is 0 Å². The van der Waals surface area contributed by atoms with Crippen molar-refractivity contribution < 1.29 is 4.79 Å². The molecular formula is C16H17BrN2O. The maximum Gasteiger partial charge on any atom is 0.252 e. The Balaban J connectivity index is 2.11. The second-order valence-electron chi connectivity index (χ2n) is 4.54. The minimum Gasteiger partial charge on any atom is -0.399 e. The number of halogens is 1. The lowest BCUT2D eigenvalue weighted by Crippen LogP contribution is -2.23. The SMILES string of the molecule is CCc1ccccc1CNC(=O)c1cc(N)ccc1Br. The van der Waals surface area contributed by atoms with Gasteiger partial charge in [0.05, 0.1) is 5.56 Å². The number of nitrogen functional groups attached to an aromatic ring is 1. The average molecular weight is 333 g/mol. The summed E-state index contributed by atoms with van der Waals surface area (Å²) in [6.45, 7) is 2.62. The molecule has 0 aliphatic heterocycles. The van der Waals surface area contributed by atoms with Crippen LogP contribution >= 0.6 is 15.9 Å². The molecule has 2 rings (SSSR count). The van der Waals surface area contributed by atoms with E-state index in [-0.39, 0.29) is 5.91 Å². The molecule has 3 nitrogen and oxygen atoms in total. The number of hydrogen-bond acceptors (Lipinski definition) is 2. The molecule has 0 aliphatic rings. The number of nitrogens with two attached hydrogens (primary N) is 1. The van der Waals surface area contributed by atoms with Crippen LogP contribution in [0.3, 0.4) is 0 Å². The molecule has 0 bridgehead atoms. The standard InChI is InChI=1S/C16H17BrN2O/c1-2-11-5-3-4-6-12(11)10-19-16(20)14-9-13(18)7-8-15(14)17/h3-9H,2,10,18H2,1H3,(H,19,20). The molecule has 2 aromatic rings. The van der Waals surface area contributed by atoms with Crippen LogP contribution in [0.15, 0.2) is 46.9 Å². The van der Waals surface area contributed by atoms with Gasteiger partial charge in [0.25, 0.3) is 5.91 Å². The zero-order valence-corrected chi connectivity index (χ0v) is 12.9. The van der Waals surface area contributed by atoms with Crippen molar-refractivity contribution >= 4 is 27.5 Å². The number of carbonyl (C=O) groups excluding carboxylic acids is 1. The molecule has 0 saturated carbocycles. The van der Waals surface area contributed by atoms with Gasteiger partial charge < -0.3 is 11.1 Å². The van der Waals surface area contributed by atoms with Crippen molar-refractivity contribution in [1.82, 2.24) is 5.32 Å². The third kappa shape index (κ3) is 3.39. The maximum atomic E-state index is 12.2. The molecule has 0 atom stereocenters. The summed E-state index contributed by atoms with van der Waals surface area (Å²) in [6.07, 6.45) is 0.952. The Bertz CT molecular complexity index is 626. The lowest BCUT2D eigenvalue weighted by molar-refractivity contribution is 0.0950. The lowest BCUT2D eigenvalue weighted by atomic mass is 10.1. The molecular weight excluding hydrogens is 316 g/mol. The highest BCUT2D eigenvalue weighted by Gasteiger charge is 2.10. The summed E-state index contributed by atoms with van der Waals surface area (Å²) in [5.41, 5.74) is 9.24. The molecule has 0 spiro atoms. The van der Waals surface area contributed by atoms with Gasteiger partial charge >= 0.3 is 0 Å². The minimum atomic E-state index is -0.130. The highest BCUT2D eigenvalue weighted by atomic mass is 79.9. The monoisotopic (exact) mass is 332 g/mol. The first kappa shape index (κ1) is 14.6. The van der Waals surface area contributed by atoms with Gasteiger partial charge in [-0.15, -0.1) is 0 Å². The topological polar surface area (TPSA) is 55.1 Å². The van der Waals surface area contributed by atoms with E-state index in [2.05, 4.69) is 34.2 Å². The zero-order valence-electron chi connectivity index (χ0n) is 11.3. The second-order valence-corrected chi connectivity index (χ2v) is 5.40. The smallest absolute Gasteiger partial charge is 0.252 e. The van der Waals surface area contributed by atoms with E-state index in [4.69, 9.17) is 5.73 Å². The molecule has 104 valence electrons. The Labute approximate surface area is 127 Å². The van der Waals surface area contributed by atoms with Crippen LogP contribution in [0, 0.1) is 0 Å². The van der Waals surface area contributed by atoms with Gasteiger partial charge in [-0.25, -0.2) is 0 Å². The molecule has 0 heterocycles. The van der Waals surface area contributed by atoms with Crippen molar-refractivity contribution in [3.8, 4) is 0 Å². The number of amides is 1. The fourth-order valence-electron chi connectivity index (χ4n) is 2.06. The number of aryl methyl sites for hydroxylation is 1. The van der Waals surface area contributed by atoms with E-state index in [9.17, 15) is 4.79 Å². The third-order valence-electron chi connectivity index (χ3n) is 3.17. The van der Waals surface area contributed by atoms with Crippen molar-refractivity contribution in [2.45, 2.75) is 19.9 Å². The summed E-state index contributed by atoms with van der Waals surface area (Å²) in [4.78, 5) is 12.2. The Hall–Kier alpha value is -1.81. The average Bonchev–Trinajstić information content (AvgIpc) is 2.47. The molecule has 20 heavy (non-hydrogen) atoms. The Morgan fingerprint density at radius 2 is 1.90 bits per heavy atom. The minimum absolute atomic E-state index is 0.130. The first-order valence-electron chi connectivity index (χ1n) is 6.51. The van der Waals surface area contributed by atoms with Gasteiger partial charge in [0.1, 0.15) is 0 Å². The molecule has 3 N–H and O–H groups in total. The zero-order chi connectivity index (χ0) is 14.5. The Morgan fingerprint density at radius 3 is 2.60 bits per heavy atom. The van der Waals surface area contributed by atoms with Crippen molar-refractivity contribution in [2.24, 2.45) is 0 Å². The summed E-state index contributed by atoms with van der Waals surface area (Å²) in [5, 5.41) is 2.93. The van der Waals surface area contributed by atoms with E-state index in [1.54, 1.807) is 18.2 Å². The fourth-order valence-corrected chi connectivity index (χ4v) is 2.49. The molecule has 1 amide bonds. The van der Waals surface area contributed by atoms with Gasteiger partial charge in [0.2, 0.25) is 0 Å². The van der Waals surface area contributed by atoms with Crippen molar-refractivity contribution in [2.75, 3.05) is 5.73 Å². The molecule has 0 aliphatic carbocycles. The summed E-state index contributed by atoms with van der Waals surface area (Å²) < 4.78 is 0.743. The molecule has 0 unspecified atom stereocenters. The highest BCUT2D eigenvalue weighted by Crippen LogP contribution is 2.19. The number of carbonyl (C=O) groups is 1. The van der Waals surface area contributed by atoms with Crippen LogP contribution in [0.2, 0.25) is 0 Å². The quantitative estimate of drug-likeness (QED) is 0.841. The van der Waals surface area contributed by atoms with Crippen molar-refractivity contribution in [3.05, 3.63) is 63.6 Å². The first-order chi connectivity index (χ1) is 9.61. The van der Waals surface area contributed by atoms with Crippen molar-refractivity contribution in [3.63, 3.8) is 0 Å². The number of anilines is 1. The van der Waals surface area contributed by atoms with Crippen molar-refractivity contribution in [1.29, 1.82) is 0 Å². The molecule has 0 aromatic heterocycles. The van der Waals surface area contributed by atoms with E-state index < -0.39 is 0 Å². The van der Waals surface area contributed by atoms with Crippen LogP contribution in [0.5, 0.6) is 0 Å². The third-order valence-corrected chi connectivity index (χ3v) is 3.87. The molecule has 0 radical (unpaired) electrons. The second kappa shape index (κ2) is 6.57. The van der Waals surface area contributed by atoms with Crippen LogP contribution in [0.1, 0.15) is 28.4 Å². The van der Waals surface area contributed by atoms with Crippen LogP contribution in [-0.4, -0.2) is 5.91 Å². The van der Waals surface area contributed by atoms with Crippen LogP contribution in [-0.2, 0) is 13.0 Å². The highest BCUT2D eigenvalue weighted by molar-refractivity contribution is 9.10. The van der Waals surface area contributed by atoms with E-state index in [0.29, 0.717) is 17.8 Å². The number of hydrogen-bond donors (Lipinski definition) is 2. The Kier molecular flexibility index (Phi) is 4.79. The fraction of sp³-hybridized carbons (Fsp3) is 0.188. The van der Waals surface area contributed by atoms with E-state index in [1.165, 1.54) is 5.56 Å². The number of rotatable bonds is 4. The summed E-state index contributed by atoms with van der Waals surface area (Å²) >= 11 is 3.37. The van der Waals surface area contributed by atoms with E-state index in [1.807, 2.05) is 18.2 Å². The lowest BCUT2D eigenvalue weighted by Gasteiger charge is -2.10. The van der Waals surface area contributed by atoms with Gasteiger partial charge in [0, 0.05) is 16.7 Å². The summed E-state index contributed by atoms with van der Waals surface area (Å²) in [7, 11) is 0. The molecule has 0 saturated heterocycles. The van der Waals surface area contributed by atoms with Crippen LogP contribution in [0.25, 0.3) is 0 Å². The molecule has 4 heteroatoms. The summed E-state index contributed by atoms with van der Waals surface area (Å²) in [5.74, 6) is -0.130. The molecule has 0 fully saturated rings. The maximum absolute atomic E-state index is 12.2. The molecule has 2 aromatic carbocycles. The van der Waals surface area contributed by atoms with E-state index >= 15 is 0 Å². The normalized spacial score (nSPS) is 10.3. The van der Waals surface area contributed by atoms with E-state index in [0.717, 1.165) is 16.5 Å².